The van der Waals surface area contributed by atoms with Gasteiger partial charge in [-0.1, -0.05) is 6.07 Å². The van der Waals surface area contributed by atoms with Gasteiger partial charge in [-0.15, -0.1) is 0 Å². The van der Waals surface area contributed by atoms with Crippen molar-refractivity contribution in [1.82, 2.24) is 24.3 Å². The predicted octanol–water partition coefficient (Wildman–Crippen LogP) is 2.82. The largest absolute Gasteiger partial charge is 0.485 e. The highest BCUT2D eigenvalue weighted by Crippen LogP contribution is 2.29. The average Bonchev–Trinajstić information content (AvgIpc) is 2.96. The van der Waals surface area contributed by atoms with Crippen LogP contribution in [0.15, 0.2) is 30.5 Å². The second kappa shape index (κ2) is 6.97. The highest BCUT2D eigenvalue weighted by atomic mass is 19.1. The van der Waals surface area contributed by atoms with E-state index in [1.165, 1.54) is 18.2 Å². The van der Waals surface area contributed by atoms with Crippen LogP contribution in [-0.4, -0.2) is 24.3 Å². The van der Waals surface area contributed by atoms with E-state index in [0.717, 1.165) is 5.56 Å². The van der Waals surface area contributed by atoms with Crippen LogP contribution in [0.2, 0.25) is 0 Å². The Bertz CT molecular complexity index is 1200. The Morgan fingerprint density at radius 2 is 1.66 bits per heavy atom. The van der Waals surface area contributed by atoms with Gasteiger partial charge in [0.15, 0.2) is 17.2 Å². The summed E-state index contributed by atoms with van der Waals surface area (Å²) < 4.78 is 35.3. The molecule has 0 aliphatic carbocycles. The number of aryl methyl sites for hydroxylation is 2. The monoisotopic (exact) mass is 397 g/mol. The van der Waals surface area contributed by atoms with Crippen molar-refractivity contribution in [3.05, 3.63) is 58.9 Å². The van der Waals surface area contributed by atoms with Crippen LogP contribution in [0.4, 0.5) is 20.7 Å². The summed E-state index contributed by atoms with van der Waals surface area (Å²) in [5.74, 6) is -0.759. The second-order valence-electron chi connectivity index (χ2n) is 6.49. The minimum Gasteiger partial charge on any atom is -0.485 e. The minimum atomic E-state index is -0.676. The molecule has 3 heterocycles. The molecule has 0 aliphatic heterocycles. The first-order valence-electron chi connectivity index (χ1n) is 8.66. The lowest BCUT2D eigenvalue weighted by Gasteiger charge is -2.11. The lowest BCUT2D eigenvalue weighted by atomic mass is 10.2. The van der Waals surface area contributed by atoms with E-state index >= 15 is 0 Å². The normalized spacial score (nSPS) is 11.2. The molecular weight excluding hydrogens is 380 g/mol. The standard InChI is InChI=1S/C19H17F2N7O/c1-9-6-14(29-8-11-12(20)4-3-5-13(11)21)17-24-10(2)15(28(17)7-9)16-25-18(22)27-19(23)26-16/h3-7H,8H2,1-2H3,(H4,22,23,25,26,27). The number of fused-ring (bicyclic) bond motifs is 1. The quantitative estimate of drug-likeness (QED) is 0.544. The molecule has 0 radical (unpaired) electrons. The lowest BCUT2D eigenvalue weighted by Crippen LogP contribution is -2.06. The van der Waals surface area contributed by atoms with Gasteiger partial charge in [0.05, 0.1) is 11.3 Å². The maximum absolute atomic E-state index is 13.9. The van der Waals surface area contributed by atoms with Crippen LogP contribution in [0.5, 0.6) is 5.75 Å². The summed E-state index contributed by atoms with van der Waals surface area (Å²) in [4.78, 5) is 16.6. The number of anilines is 2. The zero-order valence-corrected chi connectivity index (χ0v) is 15.6. The fraction of sp³-hybridized carbons (Fsp3) is 0.158. The van der Waals surface area contributed by atoms with Crippen molar-refractivity contribution < 1.29 is 13.5 Å². The molecule has 148 valence electrons. The number of pyridine rings is 1. The van der Waals surface area contributed by atoms with E-state index in [2.05, 4.69) is 19.9 Å². The van der Waals surface area contributed by atoms with Gasteiger partial charge < -0.3 is 16.2 Å². The second-order valence-corrected chi connectivity index (χ2v) is 6.49. The molecule has 0 amide bonds. The third kappa shape index (κ3) is 3.40. The molecular formula is C19H17F2N7O. The van der Waals surface area contributed by atoms with Crippen molar-refractivity contribution in [2.24, 2.45) is 0 Å². The SMILES string of the molecule is Cc1cc(OCc2c(F)cccc2F)c2nc(C)c(-c3nc(N)nc(N)n3)n2c1. The molecule has 29 heavy (non-hydrogen) atoms. The molecule has 4 rings (SSSR count). The van der Waals surface area contributed by atoms with E-state index in [-0.39, 0.29) is 29.9 Å². The van der Waals surface area contributed by atoms with Crippen LogP contribution in [0.1, 0.15) is 16.8 Å². The van der Waals surface area contributed by atoms with Crippen molar-refractivity contribution in [1.29, 1.82) is 0 Å². The van der Waals surface area contributed by atoms with E-state index < -0.39 is 11.6 Å². The van der Waals surface area contributed by atoms with Gasteiger partial charge in [-0.3, -0.25) is 4.40 Å². The molecule has 1 aromatic carbocycles. The number of hydrogen-bond donors (Lipinski definition) is 2. The fourth-order valence-electron chi connectivity index (χ4n) is 3.07. The van der Waals surface area contributed by atoms with E-state index in [9.17, 15) is 8.78 Å². The molecule has 0 bridgehead atoms. The van der Waals surface area contributed by atoms with Crippen LogP contribution in [0, 0.1) is 25.5 Å². The van der Waals surface area contributed by atoms with Gasteiger partial charge in [-0.2, -0.15) is 15.0 Å². The molecule has 0 atom stereocenters. The van der Waals surface area contributed by atoms with Crippen molar-refractivity contribution in [2.75, 3.05) is 11.5 Å². The number of ether oxygens (including phenoxy) is 1. The molecule has 0 saturated heterocycles. The molecule has 0 aliphatic rings. The van der Waals surface area contributed by atoms with E-state index in [1.54, 1.807) is 17.4 Å². The third-order valence-corrected chi connectivity index (χ3v) is 4.31. The van der Waals surface area contributed by atoms with Crippen LogP contribution in [0.3, 0.4) is 0 Å². The van der Waals surface area contributed by atoms with E-state index in [4.69, 9.17) is 16.2 Å². The van der Waals surface area contributed by atoms with Crippen molar-refractivity contribution >= 4 is 17.5 Å². The van der Waals surface area contributed by atoms with Gasteiger partial charge >= 0.3 is 0 Å². The summed E-state index contributed by atoms with van der Waals surface area (Å²) in [7, 11) is 0. The lowest BCUT2D eigenvalue weighted by molar-refractivity contribution is 0.294. The minimum absolute atomic E-state index is 0.0130. The zero-order chi connectivity index (χ0) is 20.7. The number of halogens is 2. The molecule has 0 fully saturated rings. The molecule has 0 unspecified atom stereocenters. The summed E-state index contributed by atoms with van der Waals surface area (Å²) in [6, 6.07) is 5.40. The number of imidazole rings is 1. The van der Waals surface area contributed by atoms with Gasteiger partial charge in [0.25, 0.3) is 0 Å². The number of nitrogens with two attached hydrogens (primary N) is 2. The Kier molecular flexibility index (Phi) is 4.45. The Morgan fingerprint density at radius 1 is 1.00 bits per heavy atom. The number of hydrogen-bond acceptors (Lipinski definition) is 7. The van der Waals surface area contributed by atoms with Gasteiger partial charge in [0, 0.05) is 6.20 Å². The van der Waals surface area contributed by atoms with E-state index in [1.807, 2.05) is 13.1 Å². The van der Waals surface area contributed by atoms with Gasteiger partial charge in [0.1, 0.15) is 23.9 Å². The maximum atomic E-state index is 13.9. The summed E-state index contributed by atoms with van der Waals surface area (Å²) >= 11 is 0. The Balaban J connectivity index is 1.81. The van der Waals surface area contributed by atoms with Crippen LogP contribution in [-0.2, 0) is 6.61 Å². The molecule has 8 nitrogen and oxygen atoms in total. The van der Waals surface area contributed by atoms with Crippen molar-refractivity contribution in [3.8, 4) is 17.3 Å². The molecule has 10 heteroatoms. The number of benzene rings is 1. The maximum Gasteiger partial charge on any atom is 0.225 e. The van der Waals surface area contributed by atoms with Gasteiger partial charge in [-0.05, 0) is 37.6 Å². The number of nitrogens with zero attached hydrogens (tertiary/aromatic N) is 5. The first-order chi connectivity index (χ1) is 13.8. The topological polar surface area (TPSA) is 117 Å². The van der Waals surface area contributed by atoms with Gasteiger partial charge in [0.2, 0.25) is 11.9 Å². The van der Waals surface area contributed by atoms with Crippen molar-refractivity contribution in [2.45, 2.75) is 20.5 Å². The fourth-order valence-corrected chi connectivity index (χ4v) is 3.07. The van der Waals surface area contributed by atoms with Crippen LogP contribution >= 0.6 is 0 Å². The van der Waals surface area contributed by atoms with Crippen molar-refractivity contribution in [3.63, 3.8) is 0 Å². The molecule has 3 aromatic heterocycles. The predicted molar refractivity (Wildman–Crippen MR) is 103 cm³/mol. The highest BCUT2D eigenvalue weighted by molar-refractivity contribution is 5.67. The van der Waals surface area contributed by atoms with Gasteiger partial charge in [-0.25, -0.2) is 13.8 Å². The third-order valence-electron chi connectivity index (χ3n) is 4.31. The molecule has 0 saturated carbocycles. The Hall–Kier alpha value is -3.82. The molecule has 4 aromatic rings. The highest BCUT2D eigenvalue weighted by Gasteiger charge is 2.19. The molecule has 0 spiro atoms. The smallest absolute Gasteiger partial charge is 0.225 e. The summed E-state index contributed by atoms with van der Waals surface area (Å²) in [5, 5.41) is 0. The number of rotatable bonds is 4. The zero-order valence-electron chi connectivity index (χ0n) is 15.6. The Labute approximate surface area is 164 Å². The summed E-state index contributed by atoms with van der Waals surface area (Å²) in [6.45, 7) is 3.34. The summed E-state index contributed by atoms with van der Waals surface area (Å²) in [5.41, 5.74) is 13.7. The molecule has 4 N–H and O–H groups in total. The number of aromatic nitrogens is 5. The number of nitrogen functional groups attached to an aromatic ring is 2. The average molecular weight is 397 g/mol. The van der Waals surface area contributed by atoms with Crippen LogP contribution in [0.25, 0.3) is 17.2 Å². The Morgan fingerprint density at radius 3 is 2.31 bits per heavy atom. The first-order valence-corrected chi connectivity index (χ1v) is 8.66. The van der Waals surface area contributed by atoms with Crippen LogP contribution < -0.4 is 16.2 Å². The summed E-state index contributed by atoms with van der Waals surface area (Å²) in [6.07, 6.45) is 1.82. The van der Waals surface area contributed by atoms with E-state index in [0.29, 0.717) is 22.8 Å². The first kappa shape index (κ1) is 18.5.